The second-order valence-electron chi connectivity index (χ2n) is 7.99. The van der Waals surface area contributed by atoms with Crippen molar-refractivity contribution in [1.82, 2.24) is 5.32 Å². The second-order valence-corrected chi connectivity index (χ2v) is 7.99. The van der Waals surface area contributed by atoms with E-state index in [-0.39, 0.29) is 30.8 Å². The number of aryl methyl sites for hydroxylation is 2. The van der Waals surface area contributed by atoms with Crippen LogP contribution < -0.4 is 19.7 Å². The van der Waals surface area contributed by atoms with E-state index < -0.39 is 6.04 Å². The Morgan fingerprint density at radius 1 is 1.19 bits per heavy atom. The molecule has 0 bridgehead atoms. The number of amides is 2. The lowest BCUT2D eigenvalue weighted by Crippen LogP contribution is -2.51. The van der Waals surface area contributed by atoms with Crippen molar-refractivity contribution in [2.24, 2.45) is 0 Å². The number of Topliss-reactive ketones (excluding diaryl/α,β-unsaturated/α-hetero) is 1. The Labute approximate surface area is 188 Å². The van der Waals surface area contributed by atoms with Crippen LogP contribution in [-0.2, 0) is 9.59 Å². The standard InChI is InChI=1S/C25H30N2O5/c1-5-6-12-26-25(30)18(4)27-20-13-19(10-11-22(20)31-15-23(27)29)21(28)14-32-24-16(2)8-7-9-17(24)3/h7-11,13,18H,5-6,12,14-15H2,1-4H3,(H,26,30). The van der Waals surface area contributed by atoms with Gasteiger partial charge in [-0.05, 0) is 56.5 Å². The molecule has 1 N–H and O–H groups in total. The van der Waals surface area contributed by atoms with Gasteiger partial charge in [0.25, 0.3) is 5.91 Å². The summed E-state index contributed by atoms with van der Waals surface area (Å²) in [5.74, 6) is 0.358. The maximum Gasteiger partial charge on any atom is 0.265 e. The molecule has 170 valence electrons. The Hall–Kier alpha value is -3.35. The molecule has 2 aromatic rings. The largest absolute Gasteiger partial charge is 0.485 e. The van der Waals surface area contributed by atoms with Gasteiger partial charge in [-0.3, -0.25) is 19.3 Å². The highest BCUT2D eigenvalue weighted by molar-refractivity contribution is 6.05. The van der Waals surface area contributed by atoms with E-state index in [1.165, 1.54) is 4.90 Å². The van der Waals surface area contributed by atoms with Gasteiger partial charge in [-0.2, -0.15) is 0 Å². The summed E-state index contributed by atoms with van der Waals surface area (Å²) in [5, 5.41) is 2.86. The fourth-order valence-corrected chi connectivity index (χ4v) is 3.67. The third-order valence-corrected chi connectivity index (χ3v) is 5.51. The van der Waals surface area contributed by atoms with E-state index in [0.29, 0.717) is 29.3 Å². The Bertz CT molecular complexity index is 997. The van der Waals surface area contributed by atoms with Crippen LogP contribution in [0.15, 0.2) is 36.4 Å². The molecule has 7 nitrogen and oxygen atoms in total. The molecular weight excluding hydrogens is 408 g/mol. The number of rotatable bonds is 9. The first-order chi connectivity index (χ1) is 15.3. The van der Waals surface area contributed by atoms with Crippen LogP contribution in [0.1, 0.15) is 48.2 Å². The summed E-state index contributed by atoms with van der Waals surface area (Å²) in [5.41, 5.74) is 2.71. The number of hydrogen-bond acceptors (Lipinski definition) is 5. The number of carbonyl (C=O) groups is 3. The summed E-state index contributed by atoms with van der Waals surface area (Å²) >= 11 is 0. The third kappa shape index (κ3) is 5.10. The minimum absolute atomic E-state index is 0.133. The van der Waals surface area contributed by atoms with Crippen molar-refractivity contribution in [3.05, 3.63) is 53.1 Å². The lowest BCUT2D eigenvalue weighted by Gasteiger charge is -2.33. The molecule has 0 radical (unpaired) electrons. The van der Waals surface area contributed by atoms with Gasteiger partial charge in [-0.15, -0.1) is 0 Å². The summed E-state index contributed by atoms with van der Waals surface area (Å²) in [7, 11) is 0. The van der Waals surface area contributed by atoms with Crippen LogP contribution in [0.25, 0.3) is 0 Å². The van der Waals surface area contributed by atoms with Crippen LogP contribution in [-0.4, -0.2) is 43.4 Å². The van der Waals surface area contributed by atoms with Crippen LogP contribution in [0, 0.1) is 13.8 Å². The normalized spacial score (nSPS) is 13.8. The molecule has 0 aliphatic carbocycles. The molecule has 1 aliphatic heterocycles. The molecule has 0 aromatic heterocycles. The molecule has 0 spiro atoms. The van der Waals surface area contributed by atoms with Gasteiger partial charge in [0.1, 0.15) is 17.5 Å². The van der Waals surface area contributed by atoms with Crippen LogP contribution in [0.5, 0.6) is 11.5 Å². The molecule has 1 aliphatic rings. The van der Waals surface area contributed by atoms with Crippen LogP contribution in [0.2, 0.25) is 0 Å². The van der Waals surface area contributed by atoms with Gasteiger partial charge < -0.3 is 14.8 Å². The van der Waals surface area contributed by atoms with E-state index in [0.717, 1.165) is 24.0 Å². The van der Waals surface area contributed by atoms with Gasteiger partial charge in [0, 0.05) is 12.1 Å². The maximum absolute atomic E-state index is 12.8. The highest BCUT2D eigenvalue weighted by atomic mass is 16.5. The smallest absolute Gasteiger partial charge is 0.265 e. The lowest BCUT2D eigenvalue weighted by molar-refractivity contribution is -0.127. The van der Waals surface area contributed by atoms with Gasteiger partial charge in [0.2, 0.25) is 5.91 Å². The zero-order valence-electron chi connectivity index (χ0n) is 19.1. The van der Waals surface area contributed by atoms with Crippen molar-refractivity contribution in [3.8, 4) is 11.5 Å². The fraction of sp³-hybridized carbons (Fsp3) is 0.400. The Balaban J connectivity index is 1.79. The number of anilines is 1. The molecule has 2 amide bonds. The number of unbranched alkanes of at least 4 members (excludes halogenated alkanes) is 1. The Morgan fingerprint density at radius 2 is 1.91 bits per heavy atom. The molecule has 32 heavy (non-hydrogen) atoms. The lowest BCUT2D eigenvalue weighted by atomic mass is 10.1. The van der Waals surface area contributed by atoms with Crippen LogP contribution >= 0.6 is 0 Å². The number of hydrogen-bond donors (Lipinski definition) is 1. The second kappa shape index (κ2) is 10.3. The van der Waals surface area contributed by atoms with Gasteiger partial charge in [-0.1, -0.05) is 31.5 Å². The zero-order valence-corrected chi connectivity index (χ0v) is 19.1. The minimum atomic E-state index is -0.724. The van der Waals surface area contributed by atoms with Gasteiger partial charge in [-0.25, -0.2) is 0 Å². The maximum atomic E-state index is 12.8. The molecule has 0 saturated carbocycles. The number of benzene rings is 2. The monoisotopic (exact) mass is 438 g/mol. The highest BCUT2D eigenvalue weighted by Gasteiger charge is 2.33. The molecule has 0 fully saturated rings. The van der Waals surface area contributed by atoms with Crippen molar-refractivity contribution in [2.45, 2.75) is 46.6 Å². The van der Waals surface area contributed by atoms with Crippen molar-refractivity contribution in [1.29, 1.82) is 0 Å². The molecule has 1 heterocycles. The quantitative estimate of drug-likeness (QED) is 0.478. The van der Waals surface area contributed by atoms with E-state index in [4.69, 9.17) is 9.47 Å². The van der Waals surface area contributed by atoms with Crippen molar-refractivity contribution in [3.63, 3.8) is 0 Å². The Kier molecular flexibility index (Phi) is 7.51. The molecule has 0 saturated heterocycles. The molecule has 1 atom stereocenters. The molecular formula is C25H30N2O5. The summed E-state index contributed by atoms with van der Waals surface area (Å²) in [6, 6.07) is 9.97. The first-order valence-electron chi connectivity index (χ1n) is 10.9. The molecule has 3 rings (SSSR count). The predicted octanol–water partition coefficient (Wildman–Crippen LogP) is 3.60. The van der Waals surface area contributed by atoms with Crippen LogP contribution in [0.4, 0.5) is 5.69 Å². The first-order valence-corrected chi connectivity index (χ1v) is 10.9. The zero-order chi connectivity index (χ0) is 23.3. The number of nitrogens with zero attached hydrogens (tertiary/aromatic N) is 1. The molecule has 7 heteroatoms. The van der Waals surface area contributed by atoms with E-state index >= 15 is 0 Å². The first kappa shape index (κ1) is 23.3. The molecule has 2 aromatic carbocycles. The minimum Gasteiger partial charge on any atom is -0.485 e. The number of para-hydroxylation sites is 1. The highest BCUT2D eigenvalue weighted by Crippen LogP contribution is 2.34. The summed E-state index contributed by atoms with van der Waals surface area (Å²) in [6.07, 6.45) is 1.83. The van der Waals surface area contributed by atoms with Gasteiger partial charge in [0.15, 0.2) is 19.0 Å². The summed E-state index contributed by atoms with van der Waals surface area (Å²) in [6.45, 7) is 7.85. The van der Waals surface area contributed by atoms with E-state index in [1.807, 2.05) is 39.0 Å². The van der Waals surface area contributed by atoms with E-state index in [9.17, 15) is 14.4 Å². The fourth-order valence-electron chi connectivity index (χ4n) is 3.67. The van der Waals surface area contributed by atoms with E-state index in [1.54, 1.807) is 25.1 Å². The number of carbonyl (C=O) groups excluding carboxylic acids is 3. The number of fused-ring (bicyclic) bond motifs is 1. The Morgan fingerprint density at radius 3 is 2.59 bits per heavy atom. The number of nitrogens with one attached hydrogen (secondary N) is 1. The number of ether oxygens (including phenoxy) is 2. The number of ketones is 1. The topological polar surface area (TPSA) is 84.9 Å². The molecule has 1 unspecified atom stereocenters. The SMILES string of the molecule is CCCCNC(=O)C(C)N1C(=O)COc2ccc(C(=O)COc3c(C)cccc3C)cc21. The van der Waals surface area contributed by atoms with Crippen LogP contribution in [0.3, 0.4) is 0 Å². The average Bonchev–Trinajstić information content (AvgIpc) is 2.77. The summed E-state index contributed by atoms with van der Waals surface area (Å²) < 4.78 is 11.3. The summed E-state index contributed by atoms with van der Waals surface area (Å²) in [4.78, 5) is 39.4. The van der Waals surface area contributed by atoms with Gasteiger partial charge >= 0.3 is 0 Å². The van der Waals surface area contributed by atoms with Gasteiger partial charge in [0.05, 0.1) is 5.69 Å². The van der Waals surface area contributed by atoms with Crippen molar-refractivity contribution in [2.75, 3.05) is 24.7 Å². The average molecular weight is 439 g/mol. The van der Waals surface area contributed by atoms with E-state index in [2.05, 4.69) is 5.32 Å². The van der Waals surface area contributed by atoms with Crippen molar-refractivity contribution < 1.29 is 23.9 Å². The third-order valence-electron chi connectivity index (χ3n) is 5.51. The predicted molar refractivity (Wildman–Crippen MR) is 123 cm³/mol. The van der Waals surface area contributed by atoms with Crippen molar-refractivity contribution >= 4 is 23.3 Å².